The summed E-state index contributed by atoms with van der Waals surface area (Å²) in [6.45, 7) is -0.465. The fraction of sp³-hybridized carbons (Fsp3) is 0.235. The average molecular weight is 461 g/mol. The number of methoxy groups -OCH3 is 1. The van der Waals surface area contributed by atoms with Gasteiger partial charge in [-0.3, -0.25) is 15.3 Å². The molecule has 3 aromatic heterocycles. The van der Waals surface area contributed by atoms with Gasteiger partial charge < -0.3 is 4.74 Å². The number of carbonyl (C=O) groups excluding carboxylic acids is 1. The Balaban J connectivity index is 1.90. The van der Waals surface area contributed by atoms with E-state index in [9.17, 15) is 31.1 Å². The average Bonchev–Trinajstić information content (AvgIpc) is 3.22. The van der Waals surface area contributed by atoms with Crippen molar-refractivity contribution in [1.82, 2.24) is 25.1 Å². The van der Waals surface area contributed by atoms with Gasteiger partial charge in [0.15, 0.2) is 11.5 Å². The van der Waals surface area contributed by atoms with E-state index in [1.54, 1.807) is 0 Å². The number of aromatic nitrogens is 5. The maximum absolute atomic E-state index is 13.4. The number of urea groups is 1. The van der Waals surface area contributed by atoms with Crippen LogP contribution in [-0.2, 0) is 12.7 Å². The van der Waals surface area contributed by atoms with Crippen molar-refractivity contribution in [3.8, 4) is 6.01 Å². The Bertz CT molecular complexity index is 1090. The lowest BCUT2D eigenvalue weighted by molar-refractivity contribution is -0.141. The molecule has 3 rings (SSSR count). The van der Waals surface area contributed by atoms with Crippen LogP contribution in [0.3, 0.4) is 0 Å². The van der Waals surface area contributed by atoms with Crippen LogP contribution in [0.5, 0.6) is 6.01 Å². The lowest BCUT2D eigenvalue weighted by atomic mass is 10.2. The summed E-state index contributed by atoms with van der Waals surface area (Å²) in [5.74, 6) is -1.68. The van der Waals surface area contributed by atoms with Crippen LogP contribution in [-0.4, -0.2) is 38.3 Å². The Labute approximate surface area is 175 Å². The van der Waals surface area contributed by atoms with Crippen LogP contribution in [0.1, 0.15) is 23.4 Å². The van der Waals surface area contributed by atoms with Gasteiger partial charge >= 0.3 is 18.2 Å². The largest absolute Gasteiger partial charge is 0.467 e. The molecular weight excluding hydrogens is 448 g/mol. The Morgan fingerprint density at radius 3 is 2.44 bits per heavy atom. The second-order valence-electron chi connectivity index (χ2n) is 6.11. The monoisotopic (exact) mass is 461 g/mol. The van der Waals surface area contributed by atoms with E-state index < -0.39 is 48.1 Å². The van der Waals surface area contributed by atoms with Crippen molar-refractivity contribution in [3.05, 3.63) is 53.5 Å². The van der Waals surface area contributed by atoms with Gasteiger partial charge in [-0.2, -0.15) is 18.3 Å². The number of nitrogens with one attached hydrogen (secondary N) is 2. The predicted octanol–water partition coefficient (Wildman–Crippen LogP) is 3.94. The normalized spacial score (nSPS) is 11.5. The van der Waals surface area contributed by atoms with Crippen LogP contribution in [0.2, 0.25) is 0 Å². The molecule has 0 radical (unpaired) electrons. The van der Waals surface area contributed by atoms with Gasteiger partial charge in [0.05, 0.1) is 49.2 Å². The number of H-pyrrole nitrogens is 1. The first-order valence-corrected chi connectivity index (χ1v) is 8.58. The number of pyridine rings is 1. The van der Waals surface area contributed by atoms with Crippen molar-refractivity contribution in [1.29, 1.82) is 0 Å². The molecule has 0 saturated carbocycles. The molecule has 0 aliphatic carbocycles. The highest BCUT2D eigenvalue weighted by molar-refractivity contribution is 6.00. The van der Waals surface area contributed by atoms with Crippen LogP contribution in [0.15, 0.2) is 30.7 Å². The number of hydrogen-bond donors (Lipinski definition) is 2. The molecular formula is C17H13F6N7O2. The third-order valence-corrected chi connectivity index (χ3v) is 3.96. The van der Waals surface area contributed by atoms with E-state index in [-0.39, 0.29) is 17.4 Å². The van der Waals surface area contributed by atoms with Gasteiger partial charge in [-0.25, -0.2) is 32.9 Å². The Kier molecular flexibility index (Phi) is 6.45. The molecule has 0 saturated heterocycles. The quantitative estimate of drug-likeness (QED) is 0.539. The first-order valence-electron chi connectivity index (χ1n) is 8.58. The molecule has 0 aliphatic heterocycles. The van der Waals surface area contributed by atoms with E-state index in [2.05, 4.69) is 30.5 Å². The predicted molar refractivity (Wildman–Crippen MR) is 96.5 cm³/mol. The Morgan fingerprint density at radius 2 is 1.88 bits per heavy atom. The smallest absolute Gasteiger partial charge is 0.435 e. The summed E-state index contributed by atoms with van der Waals surface area (Å²) in [6, 6.07) is 0.284. The van der Waals surface area contributed by atoms with Gasteiger partial charge in [0.2, 0.25) is 0 Å². The van der Waals surface area contributed by atoms with Gasteiger partial charge in [-0.15, -0.1) is 0 Å². The number of anilines is 2. The number of amides is 2. The van der Waals surface area contributed by atoms with E-state index in [0.29, 0.717) is 18.3 Å². The molecule has 15 heteroatoms. The van der Waals surface area contributed by atoms with Crippen molar-refractivity contribution in [2.24, 2.45) is 0 Å². The number of carbonyl (C=O) groups is 1. The Hall–Kier alpha value is -3.91. The van der Waals surface area contributed by atoms with Crippen LogP contribution < -0.4 is 15.0 Å². The van der Waals surface area contributed by atoms with E-state index in [0.717, 1.165) is 17.3 Å². The minimum atomic E-state index is -4.71. The molecule has 0 unspecified atom stereocenters. The molecule has 32 heavy (non-hydrogen) atoms. The zero-order chi connectivity index (χ0) is 23.5. The fourth-order valence-electron chi connectivity index (χ4n) is 2.46. The van der Waals surface area contributed by atoms with Crippen LogP contribution in [0, 0.1) is 5.82 Å². The van der Waals surface area contributed by atoms with E-state index in [1.165, 1.54) is 7.11 Å². The van der Waals surface area contributed by atoms with E-state index >= 15 is 0 Å². The zero-order valence-corrected chi connectivity index (χ0v) is 16.0. The molecule has 0 aliphatic rings. The minimum absolute atomic E-state index is 0.0163. The SMILES string of the molecule is COc1ncc(N(Cc2cc(C(F)(F)F)n[nH]2)C(=O)Nc2cc(C(F)F)c(F)cn2)cn1. The van der Waals surface area contributed by atoms with Gasteiger partial charge in [0, 0.05) is 0 Å². The second-order valence-corrected chi connectivity index (χ2v) is 6.11. The number of ether oxygens (including phenoxy) is 1. The Morgan fingerprint density at radius 1 is 1.19 bits per heavy atom. The third-order valence-electron chi connectivity index (χ3n) is 3.96. The number of alkyl halides is 5. The number of hydrogen-bond acceptors (Lipinski definition) is 6. The first-order chi connectivity index (χ1) is 15.1. The van der Waals surface area contributed by atoms with Crippen molar-refractivity contribution in [3.63, 3.8) is 0 Å². The molecule has 170 valence electrons. The van der Waals surface area contributed by atoms with Crippen molar-refractivity contribution >= 4 is 17.5 Å². The molecule has 3 heterocycles. The summed E-state index contributed by atoms with van der Waals surface area (Å²) in [6.07, 6.45) is -5.08. The summed E-state index contributed by atoms with van der Waals surface area (Å²) < 4.78 is 82.5. The molecule has 0 fully saturated rings. The second kappa shape index (κ2) is 9.07. The molecule has 0 bridgehead atoms. The maximum atomic E-state index is 13.4. The lowest BCUT2D eigenvalue weighted by Gasteiger charge is -2.22. The summed E-state index contributed by atoms with van der Waals surface area (Å²) in [4.78, 5) is 24.8. The molecule has 0 spiro atoms. The molecule has 3 aromatic rings. The molecule has 9 nitrogen and oxygen atoms in total. The number of nitrogens with zero attached hydrogens (tertiary/aromatic N) is 5. The third kappa shape index (κ3) is 5.22. The van der Waals surface area contributed by atoms with Gasteiger partial charge in [0.25, 0.3) is 6.43 Å². The number of rotatable bonds is 6. The minimum Gasteiger partial charge on any atom is -0.467 e. The summed E-state index contributed by atoms with van der Waals surface area (Å²) in [5, 5.41) is 7.49. The maximum Gasteiger partial charge on any atom is 0.435 e. The molecule has 0 atom stereocenters. The molecule has 2 N–H and O–H groups in total. The lowest BCUT2D eigenvalue weighted by Crippen LogP contribution is -2.35. The summed E-state index contributed by atoms with van der Waals surface area (Å²) in [5.41, 5.74) is -2.29. The highest BCUT2D eigenvalue weighted by atomic mass is 19.4. The van der Waals surface area contributed by atoms with Crippen LogP contribution in [0.4, 0.5) is 42.6 Å². The van der Waals surface area contributed by atoms with E-state index in [1.807, 2.05) is 0 Å². The van der Waals surface area contributed by atoms with Gasteiger partial charge in [-0.1, -0.05) is 0 Å². The van der Waals surface area contributed by atoms with E-state index in [4.69, 9.17) is 4.74 Å². The number of halogens is 6. The van der Waals surface area contributed by atoms with Gasteiger partial charge in [0.1, 0.15) is 5.82 Å². The molecule has 0 aromatic carbocycles. The van der Waals surface area contributed by atoms with Crippen LogP contribution in [0.25, 0.3) is 0 Å². The van der Waals surface area contributed by atoms with Crippen molar-refractivity contribution in [2.75, 3.05) is 17.3 Å². The van der Waals surface area contributed by atoms with Gasteiger partial charge in [-0.05, 0) is 12.1 Å². The number of aromatic amines is 1. The summed E-state index contributed by atoms with van der Waals surface area (Å²) in [7, 11) is 1.30. The van der Waals surface area contributed by atoms with Crippen LogP contribution >= 0.6 is 0 Å². The van der Waals surface area contributed by atoms with Crippen molar-refractivity contribution in [2.45, 2.75) is 19.1 Å². The first kappa shape index (κ1) is 22.8. The molecule has 2 amide bonds. The fourth-order valence-corrected chi connectivity index (χ4v) is 2.46. The topological polar surface area (TPSA) is 109 Å². The highest BCUT2D eigenvalue weighted by Gasteiger charge is 2.34. The zero-order valence-electron chi connectivity index (χ0n) is 16.0. The van der Waals surface area contributed by atoms with Crippen molar-refractivity contribution < 1.29 is 35.9 Å². The highest BCUT2D eigenvalue weighted by Crippen LogP contribution is 2.29. The standard InChI is InChI=1S/C17H13F6N7O2/c1-32-15-25-4-9(5-26-15)30(7-8-2-12(29-28-8)17(21,22)23)16(31)27-13-3-10(14(19)20)11(18)6-24-13/h2-6,14H,7H2,1H3,(H,28,29)(H,24,27,31). The summed E-state index contributed by atoms with van der Waals surface area (Å²) >= 11 is 0.